The number of carbonyl (C=O) groups excluding carboxylic acids is 1. The Hall–Kier alpha value is -2.55. The fourth-order valence-electron chi connectivity index (χ4n) is 1.95. The fourth-order valence-corrected chi connectivity index (χ4v) is 1.95. The number of hydrogen-bond acceptors (Lipinski definition) is 3. The van der Waals surface area contributed by atoms with E-state index in [4.69, 9.17) is 0 Å². The lowest BCUT2D eigenvalue weighted by Crippen LogP contribution is -2.04. The van der Waals surface area contributed by atoms with Crippen LogP contribution in [-0.2, 0) is 0 Å². The first-order valence-electron chi connectivity index (χ1n) is 5.65. The monoisotopic (exact) mass is 234 g/mol. The molecule has 3 heteroatoms. The molecule has 3 rings (SSSR count). The molecule has 1 aromatic carbocycles. The smallest absolute Gasteiger partial charge is 0.212 e. The molecule has 0 fully saturated rings. The van der Waals surface area contributed by atoms with Crippen molar-refractivity contribution in [1.29, 1.82) is 0 Å². The first-order chi connectivity index (χ1) is 8.86. The molecule has 0 aliphatic carbocycles. The average molecular weight is 234 g/mol. The lowest BCUT2D eigenvalue weighted by molar-refractivity contribution is 0.103. The van der Waals surface area contributed by atoms with Crippen LogP contribution in [0, 0.1) is 0 Å². The molecule has 0 unspecified atom stereocenters. The van der Waals surface area contributed by atoms with Gasteiger partial charge in [-0.3, -0.25) is 14.8 Å². The normalized spacial score (nSPS) is 10.4. The van der Waals surface area contributed by atoms with Gasteiger partial charge in [-0.1, -0.05) is 24.3 Å². The van der Waals surface area contributed by atoms with E-state index >= 15 is 0 Å². The van der Waals surface area contributed by atoms with Crippen molar-refractivity contribution >= 4 is 16.6 Å². The molecule has 0 N–H and O–H groups in total. The summed E-state index contributed by atoms with van der Waals surface area (Å²) in [6.45, 7) is 0. The van der Waals surface area contributed by atoms with Gasteiger partial charge in [0.15, 0.2) is 0 Å². The summed E-state index contributed by atoms with van der Waals surface area (Å²) in [5.41, 5.74) is 1.09. The number of fused-ring (bicyclic) bond motifs is 1. The van der Waals surface area contributed by atoms with E-state index in [-0.39, 0.29) is 5.78 Å². The van der Waals surface area contributed by atoms with Gasteiger partial charge in [-0.15, -0.1) is 0 Å². The molecule has 0 bridgehead atoms. The van der Waals surface area contributed by atoms with E-state index in [0.717, 1.165) is 10.8 Å². The van der Waals surface area contributed by atoms with Crippen LogP contribution >= 0.6 is 0 Å². The molecule has 0 atom stereocenters. The molecule has 2 heterocycles. The van der Waals surface area contributed by atoms with Crippen molar-refractivity contribution in [2.45, 2.75) is 0 Å². The van der Waals surface area contributed by atoms with Gasteiger partial charge in [0.1, 0.15) is 5.69 Å². The summed E-state index contributed by atoms with van der Waals surface area (Å²) in [7, 11) is 0. The summed E-state index contributed by atoms with van der Waals surface area (Å²) in [5.74, 6) is -0.0748. The van der Waals surface area contributed by atoms with E-state index < -0.39 is 0 Å². The van der Waals surface area contributed by atoms with Crippen LogP contribution in [0.25, 0.3) is 10.8 Å². The number of benzene rings is 1. The third kappa shape index (κ3) is 1.76. The number of hydrogen-bond donors (Lipinski definition) is 0. The zero-order valence-corrected chi connectivity index (χ0v) is 9.58. The molecule has 0 saturated heterocycles. The Morgan fingerprint density at radius 3 is 2.72 bits per heavy atom. The van der Waals surface area contributed by atoms with Crippen LogP contribution in [0.3, 0.4) is 0 Å². The van der Waals surface area contributed by atoms with Crippen molar-refractivity contribution in [2.75, 3.05) is 0 Å². The molecule has 3 aromatic rings. The van der Waals surface area contributed by atoms with Gasteiger partial charge in [-0.25, -0.2) is 0 Å². The molecular weight excluding hydrogens is 224 g/mol. The maximum Gasteiger partial charge on any atom is 0.212 e. The van der Waals surface area contributed by atoms with Crippen LogP contribution < -0.4 is 0 Å². The predicted molar refractivity (Wildman–Crippen MR) is 69.4 cm³/mol. The number of nitrogens with zero attached hydrogens (tertiary/aromatic N) is 2. The highest BCUT2D eigenvalue weighted by Gasteiger charge is 2.12. The Kier molecular flexibility index (Phi) is 2.57. The summed E-state index contributed by atoms with van der Waals surface area (Å²) in [6.07, 6.45) is 5.06. The zero-order valence-electron chi connectivity index (χ0n) is 9.58. The molecule has 0 amide bonds. The van der Waals surface area contributed by atoms with Crippen molar-refractivity contribution in [2.24, 2.45) is 0 Å². The molecule has 0 saturated carbocycles. The molecular formula is C15H10N2O. The van der Waals surface area contributed by atoms with Crippen LogP contribution in [-0.4, -0.2) is 15.8 Å². The van der Waals surface area contributed by atoms with Crippen LogP contribution in [0.1, 0.15) is 16.1 Å². The predicted octanol–water partition coefficient (Wildman–Crippen LogP) is 2.86. The molecule has 0 aliphatic heterocycles. The van der Waals surface area contributed by atoms with Crippen molar-refractivity contribution in [3.05, 3.63) is 72.3 Å². The molecule has 86 valence electrons. The number of ketones is 1. The Labute approximate surface area is 104 Å². The molecule has 0 radical (unpaired) electrons. The summed E-state index contributed by atoms with van der Waals surface area (Å²) in [6, 6.07) is 12.9. The largest absolute Gasteiger partial charge is 0.287 e. The van der Waals surface area contributed by atoms with E-state index in [1.165, 1.54) is 0 Å². The van der Waals surface area contributed by atoms with E-state index in [9.17, 15) is 4.79 Å². The highest BCUT2D eigenvalue weighted by Crippen LogP contribution is 2.19. The van der Waals surface area contributed by atoms with Gasteiger partial charge in [0.2, 0.25) is 5.78 Å². The second kappa shape index (κ2) is 4.37. The number of rotatable bonds is 2. The molecule has 3 nitrogen and oxygen atoms in total. The standard InChI is InChI=1S/C15H10N2O/c18-15(14-6-1-2-8-17-14)12-5-3-4-11-7-9-16-10-13(11)12/h1-10H. The Bertz CT molecular complexity index is 703. The van der Waals surface area contributed by atoms with Gasteiger partial charge in [-0.05, 0) is 23.6 Å². The lowest BCUT2D eigenvalue weighted by Gasteiger charge is -2.04. The van der Waals surface area contributed by atoms with Gasteiger partial charge in [-0.2, -0.15) is 0 Å². The van der Waals surface area contributed by atoms with Crippen molar-refractivity contribution in [3.8, 4) is 0 Å². The van der Waals surface area contributed by atoms with Crippen LogP contribution in [0.4, 0.5) is 0 Å². The quantitative estimate of drug-likeness (QED) is 0.640. The van der Waals surface area contributed by atoms with Gasteiger partial charge >= 0.3 is 0 Å². The van der Waals surface area contributed by atoms with Crippen LogP contribution in [0.15, 0.2) is 61.1 Å². The Morgan fingerprint density at radius 2 is 1.89 bits per heavy atom. The first-order valence-corrected chi connectivity index (χ1v) is 5.65. The molecule has 0 aliphatic rings. The van der Waals surface area contributed by atoms with Gasteiger partial charge in [0.25, 0.3) is 0 Å². The topological polar surface area (TPSA) is 42.9 Å². The van der Waals surface area contributed by atoms with E-state index in [1.54, 1.807) is 36.8 Å². The molecule has 18 heavy (non-hydrogen) atoms. The van der Waals surface area contributed by atoms with Crippen molar-refractivity contribution in [1.82, 2.24) is 9.97 Å². The van der Waals surface area contributed by atoms with Gasteiger partial charge in [0, 0.05) is 29.5 Å². The summed E-state index contributed by atoms with van der Waals surface area (Å²) in [5, 5.41) is 1.86. The summed E-state index contributed by atoms with van der Waals surface area (Å²) >= 11 is 0. The SMILES string of the molecule is O=C(c1ccccn1)c1cccc2ccncc12. The van der Waals surface area contributed by atoms with Gasteiger partial charge < -0.3 is 0 Å². The first kappa shape index (κ1) is 10.6. The maximum absolute atomic E-state index is 12.4. The average Bonchev–Trinajstić information content (AvgIpc) is 2.47. The minimum Gasteiger partial charge on any atom is -0.287 e. The highest BCUT2D eigenvalue weighted by atomic mass is 16.1. The summed E-state index contributed by atoms with van der Waals surface area (Å²) in [4.78, 5) is 20.5. The number of pyridine rings is 2. The number of aromatic nitrogens is 2. The third-order valence-corrected chi connectivity index (χ3v) is 2.83. The Morgan fingerprint density at radius 1 is 0.944 bits per heavy atom. The number of carbonyl (C=O) groups is 1. The molecule has 2 aromatic heterocycles. The second-order valence-corrected chi connectivity index (χ2v) is 3.95. The maximum atomic E-state index is 12.4. The molecule has 0 spiro atoms. The van der Waals surface area contributed by atoms with Crippen molar-refractivity contribution < 1.29 is 4.79 Å². The van der Waals surface area contributed by atoms with E-state index in [2.05, 4.69) is 9.97 Å². The third-order valence-electron chi connectivity index (χ3n) is 2.83. The van der Waals surface area contributed by atoms with E-state index in [1.807, 2.05) is 24.3 Å². The van der Waals surface area contributed by atoms with E-state index in [0.29, 0.717) is 11.3 Å². The minimum absolute atomic E-state index is 0.0748. The van der Waals surface area contributed by atoms with Crippen molar-refractivity contribution in [3.63, 3.8) is 0 Å². The fraction of sp³-hybridized carbons (Fsp3) is 0. The Balaban J connectivity index is 2.18. The van der Waals surface area contributed by atoms with Crippen LogP contribution in [0.2, 0.25) is 0 Å². The summed E-state index contributed by atoms with van der Waals surface area (Å²) < 4.78 is 0. The van der Waals surface area contributed by atoms with Gasteiger partial charge in [0.05, 0.1) is 0 Å². The van der Waals surface area contributed by atoms with Crippen LogP contribution in [0.5, 0.6) is 0 Å². The zero-order chi connectivity index (χ0) is 12.4. The highest BCUT2D eigenvalue weighted by molar-refractivity contribution is 6.15. The minimum atomic E-state index is -0.0748. The second-order valence-electron chi connectivity index (χ2n) is 3.95. The lowest BCUT2D eigenvalue weighted by atomic mass is 10.0.